The van der Waals surface area contributed by atoms with Crippen molar-refractivity contribution in [3.05, 3.63) is 0 Å². The van der Waals surface area contributed by atoms with Crippen LogP contribution in [0, 0.1) is 0 Å². The van der Waals surface area contributed by atoms with Crippen molar-refractivity contribution in [2.24, 2.45) is 0 Å². The molecule has 0 fully saturated rings. The van der Waals surface area contributed by atoms with Gasteiger partial charge < -0.3 is 19.2 Å². The molecule has 0 aliphatic heterocycles. The first-order valence-corrected chi connectivity index (χ1v) is 3.61. The summed E-state index contributed by atoms with van der Waals surface area (Å²) in [5.74, 6) is 0. The van der Waals surface area contributed by atoms with Crippen LogP contribution in [0.15, 0.2) is 0 Å². The van der Waals surface area contributed by atoms with Crippen LogP contribution in [-0.2, 0) is 20.8 Å². The van der Waals surface area contributed by atoms with E-state index in [1.807, 2.05) is 0 Å². The average Bonchev–Trinajstić information content (AvgIpc) is 1.36. The summed E-state index contributed by atoms with van der Waals surface area (Å²) in [6, 6.07) is 0. The van der Waals surface area contributed by atoms with Gasteiger partial charge in [0.15, 0.2) is 17.4 Å². The quantitative estimate of drug-likeness (QED) is 0.249. The van der Waals surface area contributed by atoms with Crippen molar-refractivity contribution in [1.29, 1.82) is 0 Å². The fourth-order valence-corrected chi connectivity index (χ4v) is 0. The Morgan fingerprint density at radius 2 is 0.875 bits per heavy atom. The molecule has 0 saturated heterocycles. The van der Waals surface area contributed by atoms with Gasteiger partial charge in [0, 0.05) is 0 Å². The fraction of sp³-hybridized carbons (Fsp3) is 0. The molecule has 0 aromatic carbocycles. The van der Waals surface area contributed by atoms with Crippen LogP contribution in [0.25, 0.3) is 0 Å². The van der Waals surface area contributed by atoms with E-state index >= 15 is 0 Å². The second-order valence-electron chi connectivity index (χ2n) is 0.600. The summed E-state index contributed by atoms with van der Waals surface area (Å²) in [6.45, 7) is 0. The molecule has 0 spiro atoms. The monoisotopic (exact) mass is 191 g/mol. The van der Waals surface area contributed by atoms with Gasteiger partial charge >= 0.3 is 33.6 Å². The molecule has 8 heteroatoms. The van der Waals surface area contributed by atoms with Gasteiger partial charge in [-0.25, -0.2) is 0 Å². The third-order valence-electron chi connectivity index (χ3n) is 0. The molecule has 8 heavy (non-hydrogen) atoms. The molecule has 0 unspecified atom stereocenters. The van der Waals surface area contributed by atoms with Gasteiger partial charge in [0.2, 0.25) is 0 Å². The topological polar surface area (TPSA) is 101 Å². The van der Waals surface area contributed by atoms with Crippen molar-refractivity contribution in [3.8, 4) is 0 Å². The predicted octanol–water partition coefficient (Wildman–Crippen LogP) is -4.35. The van der Waals surface area contributed by atoms with E-state index in [2.05, 4.69) is 0 Å². The van der Waals surface area contributed by atoms with Crippen LogP contribution in [0.1, 0.15) is 0 Å². The minimum absolute atomic E-state index is 0. The molecule has 5 N–H and O–H groups in total. The van der Waals surface area contributed by atoms with Gasteiger partial charge in [-0.05, 0) is 0 Å². The molecular weight excluding hydrogens is 183 g/mol. The molecule has 0 bridgehead atoms. The van der Waals surface area contributed by atoms with Gasteiger partial charge in [0.25, 0.3) is 0 Å². The summed E-state index contributed by atoms with van der Waals surface area (Å²) in [6.07, 6.45) is 0. The molecule has 0 heterocycles. The summed E-state index contributed by atoms with van der Waals surface area (Å²) < 4.78 is 7.00. The Hall–Kier alpha value is 1.26. The Bertz CT molecular complexity index is 27.9. The van der Waals surface area contributed by atoms with E-state index in [0.717, 1.165) is 20.8 Å². The maximum absolute atomic E-state index is 7.33. The summed E-state index contributed by atoms with van der Waals surface area (Å²) in [5.41, 5.74) is 0. The van der Waals surface area contributed by atoms with Gasteiger partial charge in [-0.2, -0.15) is 0 Å². The summed E-state index contributed by atoms with van der Waals surface area (Å²) >= 11 is 1.00. The Morgan fingerprint density at radius 1 is 0.875 bits per heavy atom. The molecule has 0 rings (SSSR count). The molecule has 0 aromatic rings. The molecule has 0 aliphatic rings. The van der Waals surface area contributed by atoms with E-state index in [1.54, 1.807) is 0 Å². The third-order valence-corrected chi connectivity index (χ3v) is 0. The standard InChI is InChI=1S/Al.H4O4Si.H2O.Ti.3H/c;1-5(2,3)4;;;;;/h;1-4H;1H2;;;;/q;;;+1;;;/p-1. The van der Waals surface area contributed by atoms with E-state index in [1.165, 1.54) is 0 Å². The molecule has 0 atom stereocenters. The van der Waals surface area contributed by atoms with Crippen molar-refractivity contribution in [2.75, 3.05) is 0 Å². The van der Waals surface area contributed by atoms with Crippen LogP contribution in [0.5, 0.6) is 0 Å². The fourth-order valence-electron chi connectivity index (χ4n) is 0. The van der Waals surface area contributed by atoms with Gasteiger partial charge in [0.05, 0.1) is 0 Å². The minimum atomic E-state index is -4.61. The first-order chi connectivity index (χ1) is 3.00. The van der Waals surface area contributed by atoms with Crippen molar-refractivity contribution in [3.63, 3.8) is 0 Å². The molecule has 0 aliphatic carbocycles. The average molecular weight is 191 g/mol. The molecule has 0 saturated carbocycles. The van der Waals surface area contributed by atoms with E-state index in [4.69, 9.17) is 22.9 Å². The SMILES string of the molecule is O[Si](O)(O)O.[AlH3].[OH][Ti]. The zero-order chi connectivity index (χ0) is 6.50. The van der Waals surface area contributed by atoms with Gasteiger partial charge in [-0.3, -0.25) is 0 Å². The normalized spacial score (nSPS) is 8.00. The maximum atomic E-state index is 7.33. The zero-order valence-electron chi connectivity index (χ0n) is 3.24. The van der Waals surface area contributed by atoms with Crippen LogP contribution < -0.4 is 0 Å². The van der Waals surface area contributed by atoms with Gasteiger partial charge in [-0.15, -0.1) is 0 Å². The van der Waals surface area contributed by atoms with Crippen molar-refractivity contribution >= 4 is 26.4 Å². The Morgan fingerprint density at radius 3 is 0.875 bits per heavy atom. The predicted molar refractivity (Wildman–Crippen MR) is 26.8 cm³/mol. The first kappa shape index (κ1) is 16.1. The molecule has 49 valence electrons. The summed E-state index contributed by atoms with van der Waals surface area (Å²) in [7, 11) is -4.61. The van der Waals surface area contributed by atoms with Crippen LogP contribution in [0.3, 0.4) is 0 Å². The van der Waals surface area contributed by atoms with Crippen molar-refractivity contribution in [1.82, 2.24) is 0 Å². The van der Waals surface area contributed by atoms with Crippen LogP contribution >= 0.6 is 0 Å². The summed E-state index contributed by atoms with van der Waals surface area (Å²) in [4.78, 5) is 29.3. The Kier molecular flexibility index (Phi) is 16.7. The Balaban J connectivity index is -0.0000000750. The Labute approximate surface area is 70.1 Å². The third kappa shape index (κ3) is 178. The molecule has 5 nitrogen and oxygen atoms in total. The number of hydrogen-bond donors (Lipinski definition) is 5. The zero-order valence-corrected chi connectivity index (χ0v) is 5.80. The van der Waals surface area contributed by atoms with E-state index < -0.39 is 9.05 Å². The van der Waals surface area contributed by atoms with Crippen LogP contribution in [-0.4, -0.2) is 49.3 Å². The second-order valence-corrected chi connectivity index (χ2v) is 1.80. The van der Waals surface area contributed by atoms with Gasteiger partial charge in [-0.1, -0.05) is 0 Å². The second kappa shape index (κ2) is 8.26. The van der Waals surface area contributed by atoms with E-state index in [9.17, 15) is 0 Å². The van der Waals surface area contributed by atoms with Crippen molar-refractivity contribution < 1.29 is 43.7 Å². The van der Waals surface area contributed by atoms with Crippen LogP contribution in [0.4, 0.5) is 0 Å². The number of hydrogen-bond acceptors (Lipinski definition) is 5. The van der Waals surface area contributed by atoms with Gasteiger partial charge in [0.1, 0.15) is 0 Å². The molecule has 0 aromatic heterocycles. The molecule has 0 radical (unpaired) electrons. The first-order valence-electron chi connectivity index (χ1n) is 1.12. The van der Waals surface area contributed by atoms with Crippen molar-refractivity contribution in [2.45, 2.75) is 0 Å². The summed E-state index contributed by atoms with van der Waals surface area (Å²) in [5, 5.41) is 0. The number of rotatable bonds is 0. The molecular formula is H8AlO5SiTi. The van der Waals surface area contributed by atoms with Crippen LogP contribution in [0.2, 0.25) is 0 Å². The van der Waals surface area contributed by atoms with E-state index in [0.29, 0.717) is 0 Å². The molecule has 0 amide bonds. The van der Waals surface area contributed by atoms with E-state index in [-0.39, 0.29) is 17.4 Å².